The lowest BCUT2D eigenvalue weighted by atomic mass is 10.0. The Morgan fingerprint density at radius 3 is 2.68 bits per heavy atom. The van der Waals surface area contributed by atoms with Crippen molar-refractivity contribution in [3.63, 3.8) is 0 Å². The molecule has 4 nitrogen and oxygen atoms in total. The number of hydrogen-bond acceptors (Lipinski definition) is 4. The van der Waals surface area contributed by atoms with E-state index < -0.39 is 17.7 Å². The minimum Gasteiger partial charge on any atom is -0.496 e. The van der Waals surface area contributed by atoms with E-state index in [0.29, 0.717) is 11.1 Å². The van der Waals surface area contributed by atoms with E-state index in [1.165, 1.54) is 25.4 Å². The Morgan fingerprint density at radius 1 is 1.36 bits per heavy atom. The highest BCUT2D eigenvalue weighted by Gasteiger charge is 2.18. The van der Waals surface area contributed by atoms with Crippen LogP contribution < -0.4 is 9.46 Å². The number of nitrogens with zero attached hydrogens (tertiary/aromatic N) is 1. The van der Waals surface area contributed by atoms with Gasteiger partial charge in [-0.25, -0.2) is 9.37 Å². The second-order valence-electron chi connectivity index (χ2n) is 4.16. The van der Waals surface area contributed by atoms with Crippen molar-refractivity contribution in [3.05, 3.63) is 46.7 Å². The third kappa shape index (κ3) is 3.31. The Kier molecular flexibility index (Phi) is 5.20. The number of halogens is 3. The Balaban J connectivity index is 2.55. The van der Waals surface area contributed by atoms with Crippen molar-refractivity contribution in [2.45, 2.75) is 0 Å². The van der Waals surface area contributed by atoms with Crippen molar-refractivity contribution in [1.29, 1.82) is 0 Å². The van der Waals surface area contributed by atoms with E-state index in [0.717, 1.165) is 18.0 Å². The fourth-order valence-electron chi connectivity index (χ4n) is 1.84. The van der Waals surface area contributed by atoms with Crippen LogP contribution in [0.15, 0.2) is 24.4 Å². The van der Waals surface area contributed by atoms with Gasteiger partial charge in [-0.15, -0.1) is 0 Å². The summed E-state index contributed by atoms with van der Waals surface area (Å²) in [7, 11) is 1.38. The van der Waals surface area contributed by atoms with Crippen LogP contribution in [0.4, 0.5) is 8.78 Å². The summed E-state index contributed by atoms with van der Waals surface area (Å²) in [5.41, 5.74) is 0.533. The molecule has 1 amide bonds. The van der Waals surface area contributed by atoms with Crippen LogP contribution in [0.3, 0.4) is 0 Å². The maximum atomic E-state index is 14.2. The molecule has 8 heteroatoms. The van der Waals surface area contributed by atoms with E-state index in [1.807, 2.05) is 0 Å². The van der Waals surface area contributed by atoms with Crippen LogP contribution in [0, 0.1) is 11.8 Å². The topological polar surface area (TPSA) is 51.2 Å². The average molecular weight is 345 g/mol. The molecule has 22 heavy (non-hydrogen) atoms. The smallest absolute Gasteiger partial charge is 0.264 e. The van der Waals surface area contributed by atoms with Crippen LogP contribution in [-0.4, -0.2) is 24.3 Å². The van der Waals surface area contributed by atoms with Gasteiger partial charge in [0.2, 0.25) is 5.95 Å². The number of aromatic nitrogens is 1. The standard InChI is InChI=1S/C14H11ClF2N2O2S/c1-21-12-5-9(14(20)19-22-2)11(16)4-8(12)7-3-10(15)13(17)18-6-7/h3-6H,1-2H3,(H,19,20). The first-order valence-electron chi connectivity index (χ1n) is 6.00. The number of carbonyl (C=O) groups excluding carboxylic acids is 1. The normalized spacial score (nSPS) is 10.4. The third-order valence-corrected chi connectivity index (χ3v) is 3.49. The Hall–Kier alpha value is -1.86. The van der Waals surface area contributed by atoms with Crippen LogP contribution in [0.5, 0.6) is 5.75 Å². The van der Waals surface area contributed by atoms with Crippen molar-refractivity contribution in [2.75, 3.05) is 13.4 Å². The largest absolute Gasteiger partial charge is 0.496 e. The lowest BCUT2D eigenvalue weighted by molar-refractivity contribution is 0.0980. The molecule has 0 radical (unpaired) electrons. The molecule has 0 aliphatic heterocycles. The molecule has 0 saturated heterocycles. The molecular formula is C14H11ClF2N2O2S. The summed E-state index contributed by atoms with van der Waals surface area (Å²) in [6.45, 7) is 0. The molecule has 2 rings (SSSR count). The van der Waals surface area contributed by atoms with E-state index in [-0.39, 0.29) is 16.3 Å². The highest BCUT2D eigenvalue weighted by Crippen LogP contribution is 2.33. The van der Waals surface area contributed by atoms with Gasteiger partial charge in [0.15, 0.2) is 0 Å². The van der Waals surface area contributed by atoms with Crippen LogP contribution >= 0.6 is 23.5 Å². The number of rotatable bonds is 4. The van der Waals surface area contributed by atoms with Gasteiger partial charge in [0, 0.05) is 23.6 Å². The zero-order chi connectivity index (χ0) is 16.3. The first-order chi connectivity index (χ1) is 10.5. The SMILES string of the molecule is COc1cc(C(=O)NSC)c(F)cc1-c1cnc(F)c(Cl)c1. The summed E-state index contributed by atoms with van der Waals surface area (Å²) in [6.07, 6.45) is 2.85. The lowest BCUT2D eigenvalue weighted by Gasteiger charge is -2.12. The van der Waals surface area contributed by atoms with Crippen LogP contribution in [0.25, 0.3) is 11.1 Å². The van der Waals surface area contributed by atoms with E-state index >= 15 is 0 Å². The summed E-state index contributed by atoms with van der Waals surface area (Å²) in [6, 6.07) is 3.70. The molecule has 0 aliphatic rings. The van der Waals surface area contributed by atoms with Gasteiger partial charge in [0.05, 0.1) is 17.7 Å². The van der Waals surface area contributed by atoms with E-state index in [9.17, 15) is 13.6 Å². The predicted octanol–water partition coefficient (Wildman–Crippen LogP) is 3.70. The van der Waals surface area contributed by atoms with Gasteiger partial charge in [-0.05, 0) is 18.2 Å². The minimum atomic E-state index is -0.819. The van der Waals surface area contributed by atoms with Crippen LogP contribution in [0.1, 0.15) is 10.4 Å². The number of benzene rings is 1. The number of nitrogens with one attached hydrogen (secondary N) is 1. The van der Waals surface area contributed by atoms with Crippen molar-refractivity contribution in [1.82, 2.24) is 9.71 Å². The van der Waals surface area contributed by atoms with Gasteiger partial charge in [0.25, 0.3) is 5.91 Å². The highest BCUT2D eigenvalue weighted by molar-refractivity contribution is 7.97. The molecule has 0 fully saturated rings. The maximum Gasteiger partial charge on any atom is 0.264 e. The van der Waals surface area contributed by atoms with Gasteiger partial charge in [-0.1, -0.05) is 23.5 Å². The average Bonchev–Trinajstić information content (AvgIpc) is 2.50. The molecule has 116 valence electrons. The number of pyridine rings is 1. The maximum absolute atomic E-state index is 14.2. The van der Waals surface area contributed by atoms with Crippen LogP contribution in [-0.2, 0) is 0 Å². The Bertz CT molecular complexity index is 728. The zero-order valence-electron chi connectivity index (χ0n) is 11.6. The van der Waals surface area contributed by atoms with Crippen molar-refractivity contribution in [3.8, 4) is 16.9 Å². The summed E-state index contributed by atoms with van der Waals surface area (Å²) < 4.78 is 34.9. The third-order valence-electron chi connectivity index (χ3n) is 2.84. The molecule has 1 aromatic carbocycles. The molecule has 0 saturated carbocycles. The van der Waals surface area contributed by atoms with Gasteiger partial charge < -0.3 is 4.74 Å². The Morgan fingerprint density at radius 2 is 2.09 bits per heavy atom. The van der Waals surface area contributed by atoms with Gasteiger partial charge >= 0.3 is 0 Å². The molecule has 1 N–H and O–H groups in total. The van der Waals surface area contributed by atoms with Gasteiger partial charge in [-0.3, -0.25) is 9.52 Å². The van der Waals surface area contributed by atoms with E-state index in [1.54, 1.807) is 6.26 Å². The summed E-state index contributed by atoms with van der Waals surface area (Å²) in [5.74, 6) is -1.88. The molecule has 2 aromatic rings. The predicted molar refractivity (Wildman–Crippen MR) is 82.1 cm³/mol. The zero-order valence-corrected chi connectivity index (χ0v) is 13.2. The van der Waals surface area contributed by atoms with Crippen molar-refractivity contribution in [2.24, 2.45) is 0 Å². The first kappa shape index (κ1) is 16.5. The summed E-state index contributed by atoms with van der Waals surface area (Å²) in [4.78, 5) is 15.3. The second kappa shape index (κ2) is 6.93. The molecule has 0 atom stereocenters. The Labute approximate surface area is 135 Å². The van der Waals surface area contributed by atoms with E-state index in [2.05, 4.69) is 9.71 Å². The highest BCUT2D eigenvalue weighted by atomic mass is 35.5. The molecule has 1 aromatic heterocycles. The van der Waals surface area contributed by atoms with Crippen molar-refractivity contribution < 1.29 is 18.3 Å². The number of amides is 1. The molecule has 1 heterocycles. The van der Waals surface area contributed by atoms with Gasteiger partial charge in [0.1, 0.15) is 11.6 Å². The quantitative estimate of drug-likeness (QED) is 0.678. The fraction of sp³-hybridized carbons (Fsp3) is 0.143. The molecular weight excluding hydrogens is 334 g/mol. The number of carbonyl (C=O) groups is 1. The molecule has 0 unspecified atom stereocenters. The number of hydrogen-bond donors (Lipinski definition) is 1. The monoisotopic (exact) mass is 344 g/mol. The number of methoxy groups -OCH3 is 1. The first-order valence-corrected chi connectivity index (χ1v) is 7.60. The van der Waals surface area contributed by atoms with E-state index in [4.69, 9.17) is 16.3 Å². The fourth-order valence-corrected chi connectivity index (χ4v) is 2.30. The summed E-state index contributed by atoms with van der Waals surface area (Å²) >= 11 is 6.74. The van der Waals surface area contributed by atoms with Gasteiger partial charge in [-0.2, -0.15) is 4.39 Å². The van der Waals surface area contributed by atoms with Crippen molar-refractivity contribution >= 4 is 29.5 Å². The lowest BCUT2D eigenvalue weighted by Crippen LogP contribution is -2.17. The molecule has 0 spiro atoms. The van der Waals surface area contributed by atoms with Crippen LogP contribution in [0.2, 0.25) is 5.02 Å². The molecule has 0 aliphatic carbocycles. The minimum absolute atomic E-state index is 0.156. The second-order valence-corrected chi connectivity index (χ2v) is 5.18. The molecule has 0 bridgehead atoms. The summed E-state index contributed by atoms with van der Waals surface area (Å²) in [5, 5.41) is -0.191. The number of ether oxygens (including phenoxy) is 1.